The molecule has 2 aliphatic carbocycles. The number of fused-ring (bicyclic) bond motifs is 2. The van der Waals surface area contributed by atoms with E-state index in [4.69, 9.17) is 13.9 Å². The summed E-state index contributed by atoms with van der Waals surface area (Å²) >= 11 is 0. The van der Waals surface area contributed by atoms with Crippen LogP contribution in [0.15, 0.2) is 10.7 Å². The maximum atomic E-state index is 11.8. The van der Waals surface area contributed by atoms with E-state index in [1.54, 1.807) is 6.26 Å². The molecule has 5 atom stereocenters. The van der Waals surface area contributed by atoms with Gasteiger partial charge in [-0.15, -0.1) is 0 Å². The van der Waals surface area contributed by atoms with Crippen LogP contribution in [0.5, 0.6) is 0 Å². The van der Waals surface area contributed by atoms with E-state index in [2.05, 4.69) is 0 Å². The average Bonchev–Trinajstić information content (AvgIpc) is 2.86. The van der Waals surface area contributed by atoms with Gasteiger partial charge in [0.2, 0.25) is 0 Å². The molecule has 25 heavy (non-hydrogen) atoms. The van der Waals surface area contributed by atoms with E-state index in [9.17, 15) is 14.7 Å². The molecule has 0 aromatic carbocycles. The molecule has 0 spiro atoms. The highest BCUT2D eigenvalue weighted by Crippen LogP contribution is 2.61. The van der Waals surface area contributed by atoms with E-state index >= 15 is 0 Å². The van der Waals surface area contributed by atoms with Crippen LogP contribution >= 0.6 is 0 Å². The second kappa shape index (κ2) is 5.87. The molecule has 1 aromatic heterocycles. The molecule has 0 saturated heterocycles. The van der Waals surface area contributed by atoms with Crippen LogP contribution in [-0.2, 0) is 25.5 Å². The van der Waals surface area contributed by atoms with Gasteiger partial charge in [-0.05, 0) is 25.3 Å². The summed E-state index contributed by atoms with van der Waals surface area (Å²) in [6.07, 6.45) is 2.04. The summed E-state index contributed by atoms with van der Waals surface area (Å²) in [6, 6.07) is 0. The highest BCUT2D eigenvalue weighted by Gasteiger charge is 2.65. The molecule has 138 valence electrons. The van der Waals surface area contributed by atoms with Crippen LogP contribution in [0.2, 0.25) is 0 Å². The molecule has 1 heterocycles. The average molecular weight is 350 g/mol. The number of furan rings is 1. The van der Waals surface area contributed by atoms with Crippen molar-refractivity contribution in [1.29, 1.82) is 0 Å². The van der Waals surface area contributed by atoms with Crippen molar-refractivity contribution in [3.63, 3.8) is 0 Å². The largest absolute Gasteiger partial charge is 0.469 e. The number of esters is 2. The first kappa shape index (κ1) is 18.0. The van der Waals surface area contributed by atoms with Crippen molar-refractivity contribution in [3.05, 3.63) is 23.2 Å². The summed E-state index contributed by atoms with van der Waals surface area (Å²) in [5.41, 5.74) is -0.164. The van der Waals surface area contributed by atoms with Gasteiger partial charge < -0.3 is 19.0 Å². The first-order valence-corrected chi connectivity index (χ1v) is 8.74. The molecule has 0 aliphatic heterocycles. The molecular formula is C19H26O6. The number of ether oxygens (including phenoxy) is 2. The molecule has 1 N–H and O–H groups in total. The third-order valence-electron chi connectivity index (χ3n) is 6.31. The number of aliphatic hydroxyl groups is 1. The zero-order valence-corrected chi connectivity index (χ0v) is 15.4. The van der Waals surface area contributed by atoms with Gasteiger partial charge in [-0.2, -0.15) is 0 Å². The lowest BCUT2D eigenvalue weighted by atomic mass is 9.51. The highest BCUT2D eigenvalue weighted by molar-refractivity contribution is 5.67. The number of carbonyl (C=O) groups is 2. The van der Waals surface area contributed by atoms with Crippen molar-refractivity contribution in [3.8, 4) is 0 Å². The molecule has 0 bridgehead atoms. The smallest absolute Gasteiger partial charge is 0.303 e. The Morgan fingerprint density at radius 1 is 1.28 bits per heavy atom. The Balaban J connectivity index is 2.12. The van der Waals surface area contributed by atoms with Gasteiger partial charge >= 0.3 is 11.9 Å². The van der Waals surface area contributed by atoms with Gasteiger partial charge in [-0.25, -0.2) is 0 Å². The molecule has 3 rings (SSSR count). The number of carbonyl (C=O) groups excluding carboxylic acids is 2. The van der Waals surface area contributed by atoms with E-state index in [1.807, 2.05) is 20.8 Å². The van der Waals surface area contributed by atoms with Crippen LogP contribution in [0.3, 0.4) is 0 Å². The first-order valence-electron chi connectivity index (χ1n) is 8.74. The predicted octanol–water partition coefficient (Wildman–Crippen LogP) is 2.85. The highest BCUT2D eigenvalue weighted by atomic mass is 16.6. The van der Waals surface area contributed by atoms with Crippen molar-refractivity contribution in [2.75, 3.05) is 0 Å². The maximum Gasteiger partial charge on any atom is 0.303 e. The number of aryl methyl sites for hydroxylation is 1. The van der Waals surface area contributed by atoms with Gasteiger partial charge in [0.1, 0.15) is 18.0 Å². The zero-order valence-electron chi connectivity index (χ0n) is 15.4. The lowest BCUT2D eigenvalue weighted by Gasteiger charge is -2.58. The Morgan fingerprint density at radius 3 is 2.52 bits per heavy atom. The lowest BCUT2D eigenvalue weighted by Crippen LogP contribution is -2.63. The monoisotopic (exact) mass is 350 g/mol. The van der Waals surface area contributed by atoms with Crippen LogP contribution in [0.25, 0.3) is 0 Å². The number of hydrogen-bond donors (Lipinski definition) is 1. The zero-order chi connectivity index (χ0) is 18.6. The topological polar surface area (TPSA) is 86.0 Å². The molecule has 2 aliphatic rings. The SMILES string of the molecule is CC(=O)OC1CCC2(O)Cc3occ(C)c3C(OC(C)=O)C2(C)C1C. The summed E-state index contributed by atoms with van der Waals surface area (Å²) in [5, 5.41) is 11.5. The molecule has 6 nitrogen and oxygen atoms in total. The Morgan fingerprint density at radius 2 is 1.92 bits per heavy atom. The van der Waals surface area contributed by atoms with Gasteiger partial charge in [-0.1, -0.05) is 13.8 Å². The van der Waals surface area contributed by atoms with E-state index in [0.29, 0.717) is 25.0 Å². The fraction of sp³-hybridized carbons (Fsp3) is 0.684. The summed E-state index contributed by atoms with van der Waals surface area (Å²) in [6.45, 7) is 8.54. The van der Waals surface area contributed by atoms with Gasteiger partial charge in [0.25, 0.3) is 0 Å². The Labute approximate surface area is 147 Å². The molecule has 0 radical (unpaired) electrons. The van der Waals surface area contributed by atoms with E-state index in [0.717, 1.165) is 11.1 Å². The summed E-state index contributed by atoms with van der Waals surface area (Å²) < 4.78 is 16.9. The minimum absolute atomic E-state index is 0.193. The standard InChI is InChI=1S/C19H26O6/c1-10-9-23-15-8-19(22)7-6-14(24-12(3)20)11(2)18(19,5)17(16(10)15)25-13(4)21/h9,11,14,17,22H,6-8H2,1-5H3. The van der Waals surface area contributed by atoms with Crippen LogP contribution in [0, 0.1) is 18.3 Å². The minimum atomic E-state index is -1.10. The quantitative estimate of drug-likeness (QED) is 0.826. The number of hydrogen-bond acceptors (Lipinski definition) is 6. The third kappa shape index (κ3) is 2.58. The van der Waals surface area contributed by atoms with Crippen molar-refractivity contribution in [2.45, 2.75) is 71.7 Å². The summed E-state index contributed by atoms with van der Waals surface area (Å²) in [7, 11) is 0. The second-order valence-corrected chi connectivity index (χ2v) is 7.71. The van der Waals surface area contributed by atoms with Crippen molar-refractivity contribution >= 4 is 11.9 Å². The van der Waals surface area contributed by atoms with Crippen molar-refractivity contribution < 1.29 is 28.6 Å². The molecule has 1 saturated carbocycles. The summed E-state index contributed by atoms with van der Waals surface area (Å²) in [5.74, 6) is -0.279. The normalized spacial score (nSPS) is 37.0. The summed E-state index contributed by atoms with van der Waals surface area (Å²) in [4.78, 5) is 23.3. The fourth-order valence-corrected chi connectivity index (χ4v) is 4.76. The van der Waals surface area contributed by atoms with Gasteiger partial charge in [-0.3, -0.25) is 9.59 Å². The molecule has 0 amide bonds. The van der Waals surface area contributed by atoms with Crippen molar-refractivity contribution in [2.24, 2.45) is 11.3 Å². The van der Waals surface area contributed by atoms with Crippen LogP contribution < -0.4 is 0 Å². The molecular weight excluding hydrogens is 324 g/mol. The van der Waals surface area contributed by atoms with Crippen LogP contribution in [0.4, 0.5) is 0 Å². The predicted molar refractivity (Wildman–Crippen MR) is 88.7 cm³/mol. The van der Waals surface area contributed by atoms with Crippen LogP contribution in [0.1, 0.15) is 63.5 Å². The fourth-order valence-electron chi connectivity index (χ4n) is 4.76. The van der Waals surface area contributed by atoms with Gasteiger partial charge in [0.05, 0.1) is 11.9 Å². The molecule has 1 fully saturated rings. The molecule has 6 heteroatoms. The van der Waals surface area contributed by atoms with Crippen LogP contribution in [-0.4, -0.2) is 28.8 Å². The minimum Gasteiger partial charge on any atom is -0.469 e. The molecule has 5 unspecified atom stereocenters. The van der Waals surface area contributed by atoms with E-state index < -0.39 is 23.1 Å². The Kier molecular flexibility index (Phi) is 4.22. The van der Waals surface area contributed by atoms with Gasteiger partial charge in [0, 0.05) is 37.2 Å². The van der Waals surface area contributed by atoms with Gasteiger partial charge in [0.15, 0.2) is 0 Å². The first-order chi connectivity index (χ1) is 11.6. The number of rotatable bonds is 2. The van der Waals surface area contributed by atoms with Crippen molar-refractivity contribution in [1.82, 2.24) is 0 Å². The second-order valence-electron chi connectivity index (χ2n) is 7.71. The van der Waals surface area contributed by atoms with E-state index in [1.165, 1.54) is 13.8 Å². The lowest BCUT2D eigenvalue weighted by molar-refractivity contribution is -0.234. The van der Waals surface area contributed by atoms with E-state index in [-0.39, 0.29) is 18.0 Å². The Bertz CT molecular complexity index is 707. The molecule has 1 aromatic rings. The maximum absolute atomic E-state index is 11.8. The Hall–Kier alpha value is -1.82. The third-order valence-corrected chi connectivity index (χ3v) is 6.31.